The van der Waals surface area contributed by atoms with E-state index < -0.39 is 12.0 Å². The number of methoxy groups -OCH3 is 1. The smallest absolute Gasteiger partial charge is 0.326 e. The Labute approximate surface area is 224 Å². The van der Waals surface area contributed by atoms with Crippen LogP contribution in [0.3, 0.4) is 0 Å². The minimum Gasteiger partial charge on any atom is -0.497 e. The predicted molar refractivity (Wildman–Crippen MR) is 147 cm³/mol. The van der Waals surface area contributed by atoms with Crippen molar-refractivity contribution in [1.82, 2.24) is 20.5 Å². The molecule has 0 radical (unpaired) electrons. The third kappa shape index (κ3) is 6.51. The number of aromatic nitrogens is 3. The second-order valence-electron chi connectivity index (χ2n) is 8.97. The van der Waals surface area contributed by atoms with E-state index in [1.807, 2.05) is 57.2 Å². The van der Waals surface area contributed by atoms with E-state index in [1.54, 1.807) is 25.4 Å². The number of amides is 1. The number of hydrogen-bond donors (Lipinski definition) is 3. The van der Waals surface area contributed by atoms with Crippen LogP contribution in [0.5, 0.6) is 5.75 Å². The van der Waals surface area contributed by atoms with Gasteiger partial charge in [-0.05, 0) is 43.5 Å². The van der Waals surface area contributed by atoms with Crippen LogP contribution in [0.1, 0.15) is 37.6 Å². The number of anilines is 1. The van der Waals surface area contributed by atoms with Crippen molar-refractivity contribution in [2.24, 2.45) is 0 Å². The fraction of sp³-hybridized carbons (Fsp3) is 0.250. The molecular formula is C28H29N5O4S. The molecule has 2 heterocycles. The van der Waals surface area contributed by atoms with E-state index in [2.05, 4.69) is 25.8 Å². The molecule has 10 heteroatoms. The molecule has 0 saturated heterocycles. The summed E-state index contributed by atoms with van der Waals surface area (Å²) in [5.74, 6) is -0.0800. The standard InChI is InChI=1S/C28H29N5O4S/c1-16-11-17(2)25(18(3)12-16)26(34)31-22(28(35)36)13-19-5-7-20(8-6-19)27-33-32-24(38-27)15-30-23-14-21(37-4)9-10-29-23/h5-12,14,22H,13,15H2,1-4H3,(H,29,30)(H,31,34)(H,35,36). The average Bonchev–Trinajstić information content (AvgIpc) is 3.36. The number of carbonyl (C=O) groups is 2. The van der Waals surface area contributed by atoms with Gasteiger partial charge in [-0.15, -0.1) is 10.2 Å². The zero-order valence-electron chi connectivity index (χ0n) is 21.6. The first-order valence-electron chi connectivity index (χ1n) is 12.0. The van der Waals surface area contributed by atoms with Crippen LogP contribution < -0.4 is 15.4 Å². The normalized spacial score (nSPS) is 11.6. The summed E-state index contributed by atoms with van der Waals surface area (Å²) in [5, 5.41) is 25.7. The van der Waals surface area contributed by atoms with E-state index in [4.69, 9.17) is 4.74 Å². The van der Waals surface area contributed by atoms with E-state index >= 15 is 0 Å². The predicted octanol–water partition coefficient (Wildman–Crippen LogP) is 4.57. The molecule has 3 N–H and O–H groups in total. The fourth-order valence-corrected chi connectivity index (χ4v) is 5.02. The van der Waals surface area contributed by atoms with E-state index in [0.29, 0.717) is 23.7 Å². The summed E-state index contributed by atoms with van der Waals surface area (Å²) < 4.78 is 5.21. The quantitative estimate of drug-likeness (QED) is 0.272. The number of carboxylic acid groups (broad SMARTS) is 1. The lowest BCUT2D eigenvalue weighted by molar-refractivity contribution is -0.139. The van der Waals surface area contributed by atoms with Gasteiger partial charge in [-0.25, -0.2) is 9.78 Å². The summed E-state index contributed by atoms with van der Waals surface area (Å²) in [6.45, 7) is 6.14. The molecule has 4 rings (SSSR count). The number of aliphatic carboxylic acids is 1. The van der Waals surface area contributed by atoms with Gasteiger partial charge in [-0.3, -0.25) is 4.79 Å². The van der Waals surface area contributed by atoms with Crippen LogP contribution in [0.15, 0.2) is 54.7 Å². The number of aryl methyl sites for hydroxylation is 3. The number of ether oxygens (including phenoxy) is 1. The number of benzene rings is 2. The monoisotopic (exact) mass is 531 g/mol. The topological polar surface area (TPSA) is 126 Å². The van der Waals surface area contributed by atoms with Crippen LogP contribution in [0.4, 0.5) is 5.82 Å². The minimum atomic E-state index is -1.09. The van der Waals surface area contributed by atoms with Crippen molar-refractivity contribution in [1.29, 1.82) is 0 Å². The summed E-state index contributed by atoms with van der Waals surface area (Å²) in [6.07, 6.45) is 1.82. The van der Waals surface area contributed by atoms with Gasteiger partial charge >= 0.3 is 5.97 Å². The van der Waals surface area contributed by atoms with E-state index in [0.717, 1.165) is 37.8 Å². The summed E-state index contributed by atoms with van der Waals surface area (Å²) in [4.78, 5) is 29.1. The van der Waals surface area contributed by atoms with Gasteiger partial charge in [0.2, 0.25) is 0 Å². The molecule has 0 aliphatic rings. The van der Waals surface area contributed by atoms with Crippen molar-refractivity contribution in [2.45, 2.75) is 39.8 Å². The largest absolute Gasteiger partial charge is 0.497 e. The molecule has 0 fully saturated rings. The first kappa shape index (κ1) is 26.7. The molecule has 1 atom stereocenters. The molecule has 0 saturated carbocycles. The molecule has 38 heavy (non-hydrogen) atoms. The molecule has 9 nitrogen and oxygen atoms in total. The molecule has 0 spiro atoms. The third-order valence-corrected chi connectivity index (χ3v) is 6.98. The summed E-state index contributed by atoms with van der Waals surface area (Å²) in [7, 11) is 1.60. The summed E-state index contributed by atoms with van der Waals surface area (Å²) in [5.41, 5.74) is 4.87. The molecule has 196 valence electrons. The second-order valence-corrected chi connectivity index (χ2v) is 10.0. The van der Waals surface area contributed by atoms with Crippen LogP contribution in [-0.2, 0) is 17.8 Å². The Kier molecular flexibility index (Phi) is 8.32. The van der Waals surface area contributed by atoms with Crippen molar-refractivity contribution < 1.29 is 19.4 Å². The lowest BCUT2D eigenvalue weighted by Crippen LogP contribution is -2.42. The number of pyridine rings is 1. The van der Waals surface area contributed by atoms with Gasteiger partial charge in [0.15, 0.2) is 0 Å². The van der Waals surface area contributed by atoms with Gasteiger partial charge in [0.05, 0.1) is 13.7 Å². The number of rotatable bonds is 10. The van der Waals surface area contributed by atoms with Crippen LogP contribution in [0.25, 0.3) is 10.6 Å². The van der Waals surface area contributed by atoms with E-state index in [9.17, 15) is 14.7 Å². The maximum absolute atomic E-state index is 12.9. The average molecular weight is 532 g/mol. The second kappa shape index (κ2) is 11.8. The van der Waals surface area contributed by atoms with Gasteiger partial charge < -0.3 is 20.5 Å². The van der Waals surface area contributed by atoms with Gasteiger partial charge in [-0.1, -0.05) is 53.3 Å². The number of hydrogen-bond acceptors (Lipinski definition) is 8. The molecule has 0 aliphatic heterocycles. The Hall–Kier alpha value is -4.31. The van der Waals surface area contributed by atoms with Crippen molar-refractivity contribution in [2.75, 3.05) is 12.4 Å². The highest BCUT2D eigenvalue weighted by atomic mass is 32.1. The van der Waals surface area contributed by atoms with Crippen molar-refractivity contribution in [3.63, 3.8) is 0 Å². The molecule has 2 aromatic heterocycles. The molecule has 2 aromatic carbocycles. The SMILES string of the molecule is COc1ccnc(NCc2nnc(-c3ccc(CC(NC(=O)c4c(C)cc(C)cc4C)C(=O)O)cc3)s2)c1. The highest BCUT2D eigenvalue weighted by molar-refractivity contribution is 7.14. The zero-order chi connectivity index (χ0) is 27.2. The Morgan fingerprint density at radius 2 is 1.74 bits per heavy atom. The molecule has 0 aliphatic carbocycles. The van der Waals surface area contributed by atoms with Crippen LogP contribution >= 0.6 is 11.3 Å². The van der Waals surface area contributed by atoms with Gasteiger partial charge in [0.1, 0.15) is 27.6 Å². The van der Waals surface area contributed by atoms with E-state index in [-0.39, 0.29) is 12.3 Å². The van der Waals surface area contributed by atoms with Crippen LogP contribution in [0.2, 0.25) is 0 Å². The number of carboxylic acids is 1. The molecular weight excluding hydrogens is 502 g/mol. The molecule has 0 bridgehead atoms. The highest BCUT2D eigenvalue weighted by Crippen LogP contribution is 2.25. The van der Waals surface area contributed by atoms with Crippen molar-refractivity contribution in [3.05, 3.63) is 87.6 Å². The van der Waals surface area contributed by atoms with Crippen LogP contribution in [-0.4, -0.2) is 45.3 Å². The van der Waals surface area contributed by atoms with Crippen molar-refractivity contribution >= 4 is 29.0 Å². The Balaban J connectivity index is 1.39. The first-order chi connectivity index (χ1) is 18.2. The maximum Gasteiger partial charge on any atom is 0.326 e. The highest BCUT2D eigenvalue weighted by Gasteiger charge is 2.23. The third-order valence-electron chi connectivity index (χ3n) is 6.00. The molecule has 1 unspecified atom stereocenters. The van der Waals surface area contributed by atoms with Gasteiger partial charge in [0, 0.05) is 29.8 Å². The van der Waals surface area contributed by atoms with Gasteiger partial charge in [-0.2, -0.15) is 0 Å². The fourth-order valence-electron chi connectivity index (χ4n) is 4.23. The number of carbonyl (C=O) groups excluding carboxylic acids is 1. The Bertz CT molecular complexity index is 1430. The lowest BCUT2D eigenvalue weighted by atomic mass is 9.98. The Morgan fingerprint density at radius 1 is 1.03 bits per heavy atom. The maximum atomic E-state index is 12.9. The van der Waals surface area contributed by atoms with Crippen LogP contribution in [0, 0.1) is 20.8 Å². The molecule has 4 aromatic rings. The van der Waals surface area contributed by atoms with E-state index in [1.165, 1.54) is 11.3 Å². The Morgan fingerprint density at radius 3 is 2.39 bits per heavy atom. The van der Waals surface area contributed by atoms with Crippen molar-refractivity contribution in [3.8, 4) is 16.3 Å². The zero-order valence-corrected chi connectivity index (χ0v) is 22.4. The lowest BCUT2D eigenvalue weighted by Gasteiger charge is -2.17. The van der Waals surface area contributed by atoms with Gasteiger partial charge in [0.25, 0.3) is 5.91 Å². The number of nitrogens with one attached hydrogen (secondary N) is 2. The number of nitrogens with zero attached hydrogens (tertiary/aromatic N) is 3. The minimum absolute atomic E-state index is 0.157. The molecule has 1 amide bonds. The first-order valence-corrected chi connectivity index (χ1v) is 12.8. The summed E-state index contributed by atoms with van der Waals surface area (Å²) in [6, 6.07) is 13.8. The summed E-state index contributed by atoms with van der Waals surface area (Å²) >= 11 is 1.45.